The normalized spacial score (nSPS) is 13.1. The number of nitrogens with one attached hydrogen (secondary N) is 3. The summed E-state index contributed by atoms with van der Waals surface area (Å²) in [5.41, 5.74) is 6.55. The molecule has 0 spiro atoms. The summed E-state index contributed by atoms with van der Waals surface area (Å²) in [6, 6.07) is 21.8. The van der Waals surface area contributed by atoms with Crippen LogP contribution in [0.4, 0.5) is 5.69 Å². The molecule has 0 aromatic heterocycles. The molecule has 8 nitrogen and oxygen atoms in total. The Hall–Kier alpha value is -3.88. The molecule has 0 aliphatic carbocycles. The Morgan fingerprint density at radius 1 is 0.897 bits per heavy atom. The van der Waals surface area contributed by atoms with Crippen molar-refractivity contribution in [1.29, 1.82) is 0 Å². The summed E-state index contributed by atoms with van der Waals surface area (Å²) >= 11 is 6.51. The predicted molar refractivity (Wildman–Crippen MR) is 152 cm³/mol. The molecule has 3 aromatic rings. The van der Waals surface area contributed by atoms with Crippen LogP contribution in [0, 0.1) is 0 Å². The third-order valence-electron chi connectivity index (χ3n) is 6.37. The lowest BCUT2D eigenvalue weighted by atomic mass is 10.0. The van der Waals surface area contributed by atoms with Gasteiger partial charge in [-0.1, -0.05) is 60.1 Å². The molecule has 5 N–H and O–H groups in total. The van der Waals surface area contributed by atoms with E-state index in [-0.39, 0.29) is 24.8 Å². The molecular formula is C30H34ClN3O5. The van der Waals surface area contributed by atoms with E-state index < -0.39 is 11.9 Å². The molecule has 9 heteroatoms. The number of carbonyl (C=O) groups is 3. The molecule has 3 aromatic carbocycles. The zero-order chi connectivity index (χ0) is 28.2. The second-order valence-electron chi connectivity index (χ2n) is 9.25. The molecule has 4 rings (SSSR count). The molecule has 0 saturated heterocycles. The van der Waals surface area contributed by atoms with Crippen LogP contribution in [0.5, 0.6) is 0 Å². The van der Waals surface area contributed by atoms with Gasteiger partial charge in [-0.15, -0.1) is 0 Å². The highest BCUT2D eigenvalue weighted by molar-refractivity contribution is 6.33. The number of anilines is 1. The molecule has 1 aliphatic heterocycles. The fraction of sp³-hybridized carbons (Fsp3) is 0.300. The van der Waals surface area contributed by atoms with Gasteiger partial charge in [0.25, 0.3) is 5.91 Å². The van der Waals surface area contributed by atoms with Gasteiger partial charge in [0.2, 0.25) is 0 Å². The Balaban J connectivity index is 0.000000459. The first kappa shape index (κ1) is 29.7. The molecule has 0 saturated carbocycles. The van der Waals surface area contributed by atoms with Gasteiger partial charge < -0.3 is 26.2 Å². The topological polar surface area (TPSA) is 128 Å². The summed E-state index contributed by atoms with van der Waals surface area (Å²) in [4.78, 5) is 31.9. The van der Waals surface area contributed by atoms with Gasteiger partial charge in [0.1, 0.15) is 0 Å². The fourth-order valence-corrected chi connectivity index (χ4v) is 4.46. The Labute approximate surface area is 233 Å². The highest BCUT2D eigenvalue weighted by Crippen LogP contribution is 2.31. The third kappa shape index (κ3) is 9.42. The second-order valence-corrected chi connectivity index (χ2v) is 9.66. The van der Waals surface area contributed by atoms with E-state index in [4.69, 9.17) is 21.8 Å². The van der Waals surface area contributed by atoms with E-state index in [2.05, 4.69) is 22.0 Å². The molecule has 1 amide bonds. The standard InChI is InChI=1S/C26H28ClN3O.C4H6O4/c1-18(20-5-3-2-4-6-20)30-26(31)22-9-7-19(8-10-22)17-29-25-23-14-16-28-15-13-21(23)11-12-24(25)27;5-3(6)1-2-4(7)8/h2-12,18,28-29H,13-17H2,1H3,(H,30,31);1-2H2,(H,5,6)(H,7,8). The van der Waals surface area contributed by atoms with Crippen molar-refractivity contribution in [2.24, 2.45) is 0 Å². The highest BCUT2D eigenvalue weighted by Gasteiger charge is 2.15. The lowest BCUT2D eigenvalue weighted by Gasteiger charge is -2.17. The maximum Gasteiger partial charge on any atom is 0.303 e. The average Bonchev–Trinajstić information content (AvgIpc) is 3.18. The first-order valence-electron chi connectivity index (χ1n) is 12.9. The minimum Gasteiger partial charge on any atom is -0.481 e. The lowest BCUT2D eigenvalue weighted by Crippen LogP contribution is -2.26. The number of amides is 1. The maximum absolute atomic E-state index is 12.6. The van der Waals surface area contributed by atoms with Crippen molar-refractivity contribution in [2.75, 3.05) is 18.4 Å². The number of fused-ring (bicyclic) bond motifs is 1. The van der Waals surface area contributed by atoms with Crippen LogP contribution in [0.1, 0.15) is 58.4 Å². The summed E-state index contributed by atoms with van der Waals surface area (Å²) in [7, 11) is 0. The lowest BCUT2D eigenvalue weighted by molar-refractivity contribution is -0.143. The molecule has 206 valence electrons. The second kappa shape index (κ2) is 14.9. The zero-order valence-electron chi connectivity index (χ0n) is 21.9. The van der Waals surface area contributed by atoms with Gasteiger partial charge in [-0.05, 0) is 73.3 Å². The Morgan fingerprint density at radius 3 is 2.18 bits per heavy atom. The van der Waals surface area contributed by atoms with E-state index in [0.717, 1.165) is 47.8 Å². The van der Waals surface area contributed by atoms with Crippen molar-refractivity contribution in [3.05, 3.63) is 99.6 Å². The van der Waals surface area contributed by atoms with Crippen molar-refractivity contribution in [2.45, 2.75) is 45.2 Å². The number of hydrogen-bond donors (Lipinski definition) is 5. The molecule has 0 radical (unpaired) electrons. The smallest absolute Gasteiger partial charge is 0.303 e. The maximum atomic E-state index is 12.6. The number of carboxylic acids is 2. The highest BCUT2D eigenvalue weighted by atomic mass is 35.5. The molecule has 0 fully saturated rings. The number of aliphatic carboxylic acids is 2. The predicted octanol–water partition coefficient (Wildman–Crippen LogP) is 5.07. The number of benzene rings is 3. The minimum absolute atomic E-state index is 0.0417. The Bertz CT molecular complexity index is 1250. The Morgan fingerprint density at radius 2 is 1.54 bits per heavy atom. The van der Waals surface area contributed by atoms with Crippen LogP contribution < -0.4 is 16.0 Å². The SMILES string of the molecule is CC(NC(=O)c1ccc(CNc2c(Cl)ccc3c2CCNCC3)cc1)c1ccccc1.O=C(O)CCC(=O)O. The Kier molecular flexibility index (Phi) is 11.3. The van der Waals surface area contributed by atoms with E-state index in [1.807, 2.05) is 67.6 Å². The van der Waals surface area contributed by atoms with Crippen LogP contribution in [-0.4, -0.2) is 41.1 Å². The van der Waals surface area contributed by atoms with Crippen molar-refractivity contribution < 1.29 is 24.6 Å². The first-order chi connectivity index (χ1) is 18.7. The number of carbonyl (C=O) groups excluding carboxylic acids is 1. The van der Waals surface area contributed by atoms with E-state index in [1.54, 1.807) is 0 Å². The summed E-state index contributed by atoms with van der Waals surface area (Å²) in [5, 5.41) is 26.6. The zero-order valence-corrected chi connectivity index (χ0v) is 22.6. The largest absolute Gasteiger partial charge is 0.481 e. The van der Waals surface area contributed by atoms with Gasteiger partial charge >= 0.3 is 11.9 Å². The number of carboxylic acid groups (broad SMARTS) is 2. The van der Waals surface area contributed by atoms with Crippen LogP contribution in [0.3, 0.4) is 0 Å². The van der Waals surface area contributed by atoms with Gasteiger partial charge in [0.05, 0.1) is 29.6 Å². The van der Waals surface area contributed by atoms with Gasteiger partial charge in [-0.3, -0.25) is 14.4 Å². The van der Waals surface area contributed by atoms with Crippen LogP contribution in [-0.2, 0) is 29.0 Å². The van der Waals surface area contributed by atoms with Gasteiger partial charge in [0.15, 0.2) is 0 Å². The molecular weight excluding hydrogens is 518 g/mol. The monoisotopic (exact) mass is 551 g/mol. The van der Waals surface area contributed by atoms with Crippen LogP contribution in [0.2, 0.25) is 5.02 Å². The van der Waals surface area contributed by atoms with Gasteiger partial charge in [-0.25, -0.2) is 0 Å². The molecule has 0 bridgehead atoms. The third-order valence-corrected chi connectivity index (χ3v) is 6.68. The quantitative estimate of drug-likeness (QED) is 0.251. The van der Waals surface area contributed by atoms with Gasteiger partial charge in [0, 0.05) is 12.1 Å². The van der Waals surface area contributed by atoms with Crippen molar-refractivity contribution in [3.63, 3.8) is 0 Å². The molecule has 1 heterocycles. The number of hydrogen-bond acceptors (Lipinski definition) is 5. The van der Waals surface area contributed by atoms with Crippen LogP contribution >= 0.6 is 11.6 Å². The molecule has 1 atom stereocenters. The first-order valence-corrected chi connectivity index (χ1v) is 13.3. The van der Waals surface area contributed by atoms with E-state index in [0.29, 0.717) is 12.1 Å². The number of halogens is 1. The van der Waals surface area contributed by atoms with E-state index >= 15 is 0 Å². The van der Waals surface area contributed by atoms with Crippen LogP contribution in [0.15, 0.2) is 66.7 Å². The fourth-order valence-electron chi connectivity index (χ4n) is 4.22. The summed E-state index contributed by atoms with van der Waals surface area (Å²) in [5.74, 6) is -2.22. The van der Waals surface area contributed by atoms with Crippen molar-refractivity contribution >= 4 is 35.1 Å². The van der Waals surface area contributed by atoms with Crippen molar-refractivity contribution in [3.8, 4) is 0 Å². The molecule has 39 heavy (non-hydrogen) atoms. The summed E-state index contributed by atoms with van der Waals surface area (Å²) in [6.45, 7) is 4.62. The van der Waals surface area contributed by atoms with Crippen LogP contribution in [0.25, 0.3) is 0 Å². The van der Waals surface area contributed by atoms with Gasteiger partial charge in [-0.2, -0.15) is 0 Å². The van der Waals surface area contributed by atoms with E-state index in [9.17, 15) is 14.4 Å². The summed E-state index contributed by atoms with van der Waals surface area (Å²) in [6.07, 6.45) is 1.40. The summed E-state index contributed by atoms with van der Waals surface area (Å²) < 4.78 is 0. The minimum atomic E-state index is -1.08. The average molecular weight is 552 g/mol. The van der Waals surface area contributed by atoms with E-state index in [1.165, 1.54) is 11.1 Å². The number of rotatable bonds is 9. The molecule has 1 aliphatic rings. The molecule has 1 unspecified atom stereocenters. The van der Waals surface area contributed by atoms with Crippen molar-refractivity contribution in [1.82, 2.24) is 10.6 Å².